The molecule has 1 aliphatic heterocycles. The number of halogens is 2. The lowest BCUT2D eigenvalue weighted by atomic mass is 10.00. The first-order valence-corrected chi connectivity index (χ1v) is 9.05. The van der Waals surface area contributed by atoms with Crippen LogP contribution in [-0.2, 0) is 13.0 Å². The van der Waals surface area contributed by atoms with E-state index in [0.29, 0.717) is 22.3 Å². The largest absolute Gasteiger partial charge is 0.300 e. The molecule has 130 valence electrons. The van der Waals surface area contributed by atoms with Crippen molar-refractivity contribution in [1.29, 1.82) is 0 Å². The van der Waals surface area contributed by atoms with Gasteiger partial charge in [-0.3, -0.25) is 14.4 Å². The van der Waals surface area contributed by atoms with Gasteiger partial charge in [-0.05, 0) is 30.7 Å². The summed E-state index contributed by atoms with van der Waals surface area (Å²) < 4.78 is 2.00. The van der Waals surface area contributed by atoms with E-state index in [9.17, 15) is 4.79 Å². The Morgan fingerprint density at radius 1 is 1.08 bits per heavy atom. The number of rotatable bonds is 2. The van der Waals surface area contributed by atoms with E-state index in [-0.39, 0.29) is 12.1 Å². The van der Waals surface area contributed by atoms with Crippen molar-refractivity contribution in [3.8, 4) is 5.69 Å². The standard InChI is InChI=1S/C20H15Cl2N3O/c1-2-13-10-19(26)24-18-11-23-20(14-5-3-4-6-16(14)22)15-9-12(21)7-8-17(15)25(13)18/h3-10H,2,11H2,1H3. The van der Waals surface area contributed by atoms with Gasteiger partial charge in [0.1, 0.15) is 5.82 Å². The van der Waals surface area contributed by atoms with Crippen LogP contribution in [-0.4, -0.2) is 15.3 Å². The first kappa shape index (κ1) is 17.0. The normalized spacial score (nSPS) is 12.8. The number of fused-ring (bicyclic) bond motifs is 3. The minimum absolute atomic E-state index is 0.250. The zero-order valence-electron chi connectivity index (χ0n) is 14.0. The Kier molecular flexibility index (Phi) is 4.39. The van der Waals surface area contributed by atoms with Crippen LogP contribution in [0.25, 0.3) is 5.69 Å². The molecular formula is C20H15Cl2N3O. The van der Waals surface area contributed by atoms with Gasteiger partial charge < -0.3 is 0 Å². The van der Waals surface area contributed by atoms with Crippen molar-refractivity contribution in [2.45, 2.75) is 19.9 Å². The smallest absolute Gasteiger partial charge is 0.273 e. The molecular weight excluding hydrogens is 369 g/mol. The molecule has 0 amide bonds. The Morgan fingerprint density at radius 3 is 2.65 bits per heavy atom. The van der Waals surface area contributed by atoms with E-state index in [2.05, 4.69) is 4.98 Å². The van der Waals surface area contributed by atoms with E-state index in [1.165, 1.54) is 0 Å². The van der Waals surface area contributed by atoms with Crippen LogP contribution < -0.4 is 5.56 Å². The molecule has 2 aromatic carbocycles. The van der Waals surface area contributed by atoms with Crippen molar-refractivity contribution in [3.05, 3.63) is 91.6 Å². The first-order chi connectivity index (χ1) is 12.6. The Balaban J connectivity index is 2.06. The van der Waals surface area contributed by atoms with Gasteiger partial charge in [-0.2, -0.15) is 4.98 Å². The molecule has 0 bridgehead atoms. The Hall–Kier alpha value is -2.43. The number of hydrogen-bond donors (Lipinski definition) is 0. The molecule has 1 aromatic heterocycles. The van der Waals surface area contributed by atoms with E-state index in [1.54, 1.807) is 6.07 Å². The number of nitrogens with zero attached hydrogens (tertiary/aromatic N) is 3. The molecule has 1 aliphatic rings. The zero-order valence-corrected chi connectivity index (χ0v) is 15.6. The van der Waals surface area contributed by atoms with E-state index < -0.39 is 0 Å². The van der Waals surface area contributed by atoms with Crippen LogP contribution in [0, 0.1) is 0 Å². The van der Waals surface area contributed by atoms with Gasteiger partial charge >= 0.3 is 0 Å². The zero-order chi connectivity index (χ0) is 18.3. The second kappa shape index (κ2) is 6.71. The maximum absolute atomic E-state index is 12.0. The summed E-state index contributed by atoms with van der Waals surface area (Å²) in [6.45, 7) is 2.30. The van der Waals surface area contributed by atoms with Crippen LogP contribution in [0.4, 0.5) is 0 Å². The van der Waals surface area contributed by atoms with Gasteiger partial charge in [-0.1, -0.05) is 48.3 Å². The quantitative estimate of drug-likeness (QED) is 0.655. The summed E-state index contributed by atoms with van der Waals surface area (Å²) in [5.41, 5.74) is 3.97. The van der Waals surface area contributed by atoms with Crippen molar-refractivity contribution in [2.24, 2.45) is 4.99 Å². The number of hydrogen-bond acceptors (Lipinski definition) is 3. The third-order valence-corrected chi connectivity index (χ3v) is 4.96. The number of aromatic nitrogens is 2. The van der Waals surface area contributed by atoms with Crippen molar-refractivity contribution >= 4 is 28.9 Å². The van der Waals surface area contributed by atoms with Gasteiger partial charge in [0.15, 0.2) is 0 Å². The van der Waals surface area contributed by atoms with Crippen LogP contribution in [0.2, 0.25) is 10.0 Å². The third kappa shape index (κ3) is 2.85. The Bertz CT molecular complexity index is 1100. The van der Waals surface area contributed by atoms with Gasteiger partial charge in [0.05, 0.1) is 17.9 Å². The lowest BCUT2D eigenvalue weighted by Gasteiger charge is -2.18. The first-order valence-electron chi connectivity index (χ1n) is 8.30. The highest BCUT2D eigenvalue weighted by molar-refractivity contribution is 6.36. The van der Waals surface area contributed by atoms with Crippen LogP contribution in [0.3, 0.4) is 0 Å². The minimum atomic E-state index is -0.250. The van der Waals surface area contributed by atoms with Crippen LogP contribution in [0.1, 0.15) is 29.6 Å². The monoisotopic (exact) mass is 383 g/mol. The molecule has 0 fully saturated rings. The second-order valence-electron chi connectivity index (χ2n) is 6.00. The summed E-state index contributed by atoms with van der Waals surface area (Å²) in [4.78, 5) is 20.9. The summed E-state index contributed by atoms with van der Waals surface area (Å²) >= 11 is 12.7. The molecule has 0 saturated carbocycles. The number of aryl methyl sites for hydroxylation is 1. The summed E-state index contributed by atoms with van der Waals surface area (Å²) in [6.07, 6.45) is 0.703. The van der Waals surface area contributed by atoms with Gasteiger partial charge in [-0.25, -0.2) is 0 Å². The van der Waals surface area contributed by atoms with Crippen molar-refractivity contribution < 1.29 is 0 Å². The maximum atomic E-state index is 12.0. The molecule has 0 N–H and O–H groups in total. The molecule has 0 atom stereocenters. The molecule has 0 saturated heterocycles. The molecule has 0 radical (unpaired) electrons. The van der Waals surface area contributed by atoms with Crippen molar-refractivity contribution in [3.63, 3.8) is 0 Å². The molecule has 26 heavy (non-hydrogen) atoms. The molecule has 3 aromatic rings. The second-order valence-corrected chi connectivity index (χ2v) is 6.84. The summed E-state index contributed by atoms with van der Waals surface area (Å²) in [7, 11) is 0. The topological polar surface area (TPSA) is 47.2 Å². The fourth-order valence-electron chi connectivity index (χ4n) is 3.25. The fraction of sp³-hybridized carbons (Fsp3) is 0.150. The number of benzene rings is 2. The summed E-state index contributed by atoms with van der Waals surface area (Å²) in [5, 5.41) is 1.22. The maximum Gasteiger partial charge on any atom is 0.273 e. The highest BCUT2D eigenvalue weighted by Gasteiger charge is 2.22. The van der Waals surface area contributed by atoms with E-state index in [0.717, 1.165) is 28.2 Å². The van der Waals surface area contributed by atoms with Crippen molar-refractivity contribution in [1.82, 2.24) is 9.55 Å². The Labute approximate surface area is 160 Å². The predicted octanol–water partition coefficient (Wildman–Crippen LogP) is 4.45. The lowest BCUT2D eigenvalue weighted by Crippen LogP contribution is -2.19. The van der Waals surface area contributed by atoms with E-state index in [4.69, 9.17) is 28.2 Å². The van der Waals surface area contributed by atoms with Crippen molar-refractivity contribution in [2.75, 3.05) is 0 Å². The molecule has 0 unspecified atom stereocenters. The van der Waals surface area contributed by atoms with Gasteiger partial charge in [0.25, 0.3) is 5.56 Å². The highest BCUT2D eigenvalue weighted by atomic mass is 35.5. The lowest BCUT2D eigenvalue weighted by molar-refractivity contribution is 0.771. The summed E-state index contributed by atoms with van der Waals surface area (Å²) in [6, 6.07) is 14.8. The Morgan fingerprint density at radius 2 is 1.88 bits per heavy atom. The molecule has 2 heterocycles. The van der Waals surface area contributed by atoms with Gasteiger partial charge in [0.2, 0.25) is 0 Å². The average molecular weight is 384 g/mol. The van der Waals surface area contributed by atoms with Crippen LogP contribution in [0.15, 0.2) is 58.3 Å². The highest BCUT2D eigenvalue weighted by Crippen LogP contribution is 2.30. The number of aliphatic imine (C=N–C) groups is 1. The predicted molar refractivity (Wildman–Crippen MR) is 105 cm³/mol. The van der Waals surface area contributed by atoms with Gasteiger partial charge in [-0.15, -0.1) is 0 Å². The third-order valence-electron chi connectivity index (χ3n) is 4.40. The molecule has 0 spiro atoms. The van der Waals surface area contributed by atoms with E-state index >= 15 is 0 Å². The summed E-state index contributed by atoms with van der Waals surface area (Å²) in [5.74, 6) is 0.611. The molecule has 4 rings (SSSR count). The molecule has 6 heteroatoms. The van der Waals surface area contributed by atoms with Gasteiger partial charge in [0, 0.05) is 32.9 Å². The molecule has 0 aliphatic carbocycles. The van der Waals surface area contributed by atoms with Crippen LogP contribution in [0.5, 0.6) is 0 Å². The van der Waals surface area contributed by atoms with Crippen LogP contribution >= 0.6 is 23.2 Å². The fourth-order valence-corrected chi connectivity index (χ4v) is 3.65. The average Bonchev–Trinajstić information content (AvgIpc) is 2.78. The SMILES string of the molecule is CCc1cc(=O)nc2n1-c1ccc(Cl)cc1C(c1ccccc1Cl)=NC2. The van der Waals surface area contributed by atoms with E-state index in [1.807, 2.05) is 54.0 Å². The minimum Gasteiger partial charge on any atom is -0.300 e. The molecule has 4 nitrogen and oxygen atoms in total.